The molecule has 0 aromatic carbocycles. The third-order valence-corrected chi connectivity index (χ3v) is 3.62. The van der Waals surface area contributed by atoms with E-state index in [4.69, 9.17) is 4.74 Å². The van der Waals surface area contributed by atoms with E-state index in [2.05, 4.69) is 13.8 Å². The minimum absolute atomic E-state index is 0.642. The SMILES string of the molecule is CCCCCCCC1OC1CCCCCC. The molecule has 1 heterocycles. The van der Waals surface area contributed by atoms with E-state index < -0.39 is 0 Å². The van der Waals surface area contributed by atoms with Gasteiger partial charge in [-0.05, 0) is 12.8 Å². The van der Waals surface area contributed by atoms with Crippen molar-refractivity contribution in [2.45, 2.75) is 96.7 Å². The fourth-order valence-electron chi connectivity index (χ4n) is 2.41. The summed E-state index contributed by atoms with van der Waals surface area (Å²) < 4.78 is 5.70. The molecule has 16 heavy (non-hydrogen) atoms. The lowest BCUT2D eigenvalue weighted by atomic mass is 10.1. The van der Waals surface area contributed by atoms with Crippen molar-refractivity contribution in [2.24, 2.45) is 0 Å². The normalized spacial score (nSPS) is 23.6. The molecule has 96 valence electrons. The molecule has 0 aromatic heterocycles. The second-order valence-electron chi connectivity index (χ2n) is 5.27. The molecule has 1 nitrogen and oxygen atoms in total. The third kappa shape index (κ3) is 6.52. The molecule has 1 aliphatic heterocycles. The molecule has 0 spiro atoms. The highest BCUT2D eigenvalue weighted by Gasteiger charge is 2.36. The molecule has 1 saturated heterocycles. The summed E-state index contributed by atoms with van der Waals surface area (Å²) in [6.45, 7) is 4.54. The lowest BCUT2D eigenvalue weighted by Crippen LogP contribution is -1.94. The van der Waals surface area contributed by atoms with Gasteiger partial charge >= 0.3 is 0 Å². The monoisotopic (exact) mass is 226 g/mol. The van der Waals surface area contributed by atoms with Crippen LogP contribution >= 0.6 is 0 Å². The van der Waals surface area contributed by atoms with E-state index in [0.717, 1.165) is 0 Å². The Morgan fingerprint density at radius 2 is 1.06 bits per heavy atom. The van der Waals surface area contributed by atoms with E-state index in [1.54, 1.807) is 0 Å². The third-order valence-electron chi connectivity index (χ3n) is 3.62. The summed E-state index contributed by atoms with van der Waals surface area (Å²) in [6, 6.07) is 0. The molecule has 1 heteroatoms. The molecule has 1 fully saturated rings. The standard InChI is InChI=1S/C15H30O/c1-3-5-7-9-11-13-15-14(16-15)12-10-8-6-4-2/h14-15H,3-13H2,1-2H3. The first-order valence-electron chi connectivity index (χ1n) is 7.54. The molecule has 0 bridgehead atoms. The largest absolute Gasteiger partial charge is 0.370 e. The topological polar surface area (TPSA) is 12.5 Å². The van der Waals surface area contributed by atoms with Crippen LogP contribution in [-0.2, 0) is 4.74 Å². The van der Waals surface area contributed by atoms with Crippen molar-refractivity contribution in [1.29, 1.82) is 0 Å². The summed E-state index contributed by atoms with van der Waals surface area (Å²) in [5, 5.41) is 0. The fraction of sp³-hybridized carbons (Fsp3) is 1.00. The van der Waals surface area contributed by atoms with Crippen LogP contribution in [0.15, 0.2) is 0 Å². The fourth-order valence-corrected chi connectivity index (χ4v) is 2.41. The zero-order valence-corrected chi connectivity index (χ0v) is 11.3. The van der Waals surface area contributed by atoms with Crippen molar-refractivity contribution in [2.75, 3.05) is 0 Å². The molecular formula is C15H30O. The highest BCUT2D eigenvalue weighted by molar-refractivity contribution is 4.84. The Bertz CT molecular complexity index is 156. The Kier molecular flexibility index (Phi) is 7.92. The zero-order valence-electron chi connectivity index (χ0n) is 11.3. The van der Waals surface area contributed by atoms with Crippen LogP contribution in [-0.4, -0.2) is 12.2 Å². The molecule has 1 rings (SSSR count). The van der Waals surface area contributed by atoms with E-state index in [9.17, 15) is 0 Å². The van der Waals surface area contributed by atoms with Gasteiger partial charge in [0.1, 0.15) is 0 Å². The van der Waals surface area contributed by atoms with E-state index in [1.807, 2.05) is 0 Å². The Labute approximate surface area is 102 Å². The van der Waals surface area contributed by atoms with Crippen molar-refractivity contribution in [1.82, 2.24) is 0 Å². The van der Waals surface area contributed by atoms with Gasteiger partial charge in [-0.25, -0.2) is 0 Å². The summed E-state index contributed by atoms with van der Waals surface area (Å²) in [5.41, 5.74) is 0. The van der Waals surface area contributed by atoms with Gasteiger partial charge in [-0.3, -0.25) is 0 Å². The maximum absolute atomic E-state index is 5.70. The van der Waals surface area contributed by atoms with Crippen molar-refractivity contribution in [3.8, 4) is 0 Å². The molecule has 0 N–H and O–H groups in total. The number of unbranched alkanes of at least 4 members (excludes halogenated alkanes) is 7. The summed E-state index contributed by atoms with van der Waals surface area (Å²) in [4.78, 5) is 0. The summed E-state index contributed by atoms with van der Waals surface area (Å²) in [5.74, 6) is 0. The lowest BCUT2D eigenvalue weighted by molar-refractivity contribution is 0.348. The van der Waals surface area contributed by atoms with Gasteiger partial charge in [0.05, 0.1) is 12.2 Å². The minimum atomic E-state index is 0.642. The van der Waals surface area contributed by atoms with Crippen LogP contribution in [0, 0.1) is 0 Å². The molecule has 0 aliphatic carbocycles. The van der Waals surface area contributed by atoms with Crippen molar-refractivity contribution >= 4 is 0 Å². The maximum Gasteiger partial charge on any atom is 0.0841 e. The molecule has 2 unspecified atom stereocenters. The van der Waals surface area contributed by atoms with Gasteiger partial charge in [0.15, 0.2) is 0 Å². The smallest absolute Gasteiger partial charge is 0.0841 e. The number of hydrogen-bond acceptors (Lipinski definition) is 1. The van der Waals surface area contributed by atoms with Gasteiger partial charge in [0, 0.05) is 0 Å². The van der Waals surface area contributed by atoms with E-state index >= 15 is 0 Å². The van der Waals surface area contributed by atoms with Gasteiger partial charge in [0.25, 0.3) is 0 Å². The molecule has 1 aliphatic rings. The van der Waals surface area contributed by atoms with Crippen LogP contribution < -0.4 is 0 Å². The average Bonchev–Trinajstić information content (AvgIpc) is 3.03. The first-order valence-corrected chi connectivity index (χ1v) is 7.54. The number of ether oxygens (including phenoxy) is 1. The zero-order chi connectivity index (χ0) is 11.6. The summed E-state index contributed by atoms with van der Waals surface area (Å²) >= 11 is 0. The highest BCUT2D eigenvalue weighted by atomic mass is 16.6. The second kappa shape index (κ2) is 9.04. The average molecular weight is 226 g/mol. The molecule has 0 aromatic rings. The van der Waals surface area contributed by atoms with Crippen LogP contribution in [0.5, 0.6) is 0 Å². The molecule has 0 radical (unpaired) electrons. The Morgan fingerprint density at radius 1 is 0.625 bits per heavy atom. The van der Waals surface area contributed by atoms with Crippen LogP contribution in [0.4, 0.5) is 0 Å². The summed E-state index contributed by atoms with van der Waals surface area (Å²) in [6.07, 6.45) is 16.4. The molecular weight excluding hydrogens is 196 g/mol. The molecule has 2 atom stereocenters. The van der Waals surface area contributed by atoms with Crippen molar-refractivity contribution in [3.05, 3.63) is 0 Å². The van der Waals surface area contributed by atoms with Gasteiger partial charge < -0.3 is 4.74 Å². The predicted molar refractivity (Wildman–Crippen MR) is 70.8 cm³/mol. The van der Waals surface area contributed by atoms with E-state index in [1.165, 1.54) is 70.6 Å². The van der Waals surface area contributed by atoms with Gasteiger partial charge in [-0.1, -0.05) is 71.6 Å². The number of hydrogen-bond donors (Lipinski definition) is 0. The number of rotatable bonds is 11. The maximum atomic E-state index is 5.70. The van der Waals surface area contributed by atoms with Crippen LogP contribution in [0.2, 0.25) is 0 Å². The molecule has 0 amide bonds. The summed E-state index contributed by atoms with van der Waals surface area (Å²) in [7, 11) is 0. The van der Waals surface area contributed by atoms with Gasteiger partial charge in [0.2, 0.25) is 0 Å². The van der Waals surface area contributed by atoms with Gasteiger partial charge in [-0.2, -0.15) is 0 Å². The van der Waals surface area contributed by atoms with E-state index in [0.29, 0.717) is 12.2 Å². The predicted octanol–water partition coefficient (Wildman–Crippen LogP) is 5.08. The lowest BCUT2D eigenvalue weighted by Gasteiger charge is -1.98. The van der Waals surface area contributed by atoms with Crippen molar-refractivity contribution in [3.63, 3.8) is 0 Å². The van der Waals surface area contributed by atoms with Crippen molar-refractivity contribution < 1.29 is 4.74 Å². The first-order chi connectivity index (χ1) is 7.88. The van der Waals surface area contributed by atoms with E-state index in [-0.39, 0.29) is 0 Å². The Balaban J connectivity index is 1.79. The minimum Gasteiger partial charge on any atom is -0.370 e. The Morgan fingerprint density at radius 3 is 1.56 bits per heavy atom. The van der Waals surface area contributed by atoms with Crippen LogP contribution in [0.1, 0.15) is 84.5 Å². The second-order valence-corrected chi connectivity index (χ2v) is 5.27. The first kappa shape index (κ1) is 14.0. The molecule has 0 saturated carbocycles. The quantitative estimate of drug-likeness (QED) is 0.353. The Hall–Kier alpha value is -0.0400. The van der Waals surface area contributed by atoms with Crippen LogP contribution in [0.25, 0.3) is 0 Å². The number of epoxide rings is 1. The van der Waals surface area contributed by atoms with Crippen LogP contribution in [0.3, 0.4) is 0 Å². The van der Waals surface area contributed by atoms with Gasteiger partial charge in [-0.15, -0.1) is 0 Å². The highest BCUT2D eigenvalue weighted by Crippen LogP contribution is 2.31.